The van der Waals surface area contributed by atoms with Gasteiger partial charge in [-0.3, -0.25) is 9.79 Å². The summed E-state index contributed by atoms with van der Waals surface area (Å²) in [5.41, 5.74) is 10.6. The fraction of sp³-hybridized carbons (Fsp3) is 0.750. The second kappa shape index (κ2) is 8.77. The first-order valence-electron chi connectivity index (χ1n) is 4.29. The molecule has 0 aromatic heterocycles. The summed E-state index contributed by atoms with van der Waals surface area (Å²) in [7, 11) is 0. The van der Waals surface area contributed by atoms with Crippen molar-refractivity contribution < 1.29 is 9.90 Å². The highest BCUT2D eigenvalue weighted by atomic mass is 35.5. The van der Waals surface area contributed by atoms with Crippen molar-refractivity contribution in [2.75, 3.05) is 6.54 Å². The van der Waals surface area contributed by atoms with Gasteiger partial charge in [-0.1, -0.05) is 0 Å². The highest BCUT2D eigenvalue weighted by Crippen LogP contribution is 1.99. The summed E-state index contributed by atoms with van der Waals surface area (Å²) in [6, 6.07) is -0.747. The average Bonchev–Trinajstić information content (AvgIpc) is 2.02. The van der Waals surface area contributed by atoms with Gasteiger partial charge in [0.15, 0.2) is 0 Å². The van der Waals surface area contributed by atoms with Crippen LogP contribution in [0.4, 0.5) is 0 Å². The van der Waals surface area contributed by atoms with E-state index < -0.39 is 12.0 Å². The summed E-state index contributed by atoms with van der Waals surface area (Å²) >= 11 is 0. The molecule has 0 heterocycles. The van der Waals surface area contributed by atoms with Gasteiger partial charge in [0, 0.05) is 6.54 Å². The van der Waals surface area contributed by atoms with Gasteiger partial charge in [-0.2, -0.15) is 0 Å². The number of hydrogen-bond donors (Lipinski definition) is 3. The smallest absolute Gasteiger partial charge is 0.320 e. The van der Waals surface area contributed by atoms with Gasteiger partial charge >= 0.3 is 5.97 Å². The molecule has 0 spiro atoms. The first-order chi connectivity index (χ1) is 6.04. The Labute approximate surface area is 90.0 Å². The zero-order chi connectivity index (χ0) is 10.3. The SMILES string of the molecule is CC(N)=NCCCC[C@@H](N)C(=O)O.Cl. The van der Waals surface area contributed by atoms with Crippen LogP contribution in [0.25, 0.3) is 0 Å². The molecule has 6 heteroatoms. The fourth-order valence-corrected chi connectivity index (χ4v) is 0.855. The van der Waals surface area contributed by atoms with E-state index in [-0.39, 0.29) is 12.4 Å². The molecule has 14 heavy (non-hydrogen) atoms. The number of nitrogens with two attached hydrogens (primary N) is 2. The lowest BCUT2D eigenvalue weighted by atomic mass is 10.1. The molecule has 0 aliphatic heterocycles. The van der Waals surface area contributed by atoms with Crippen LogP contribution in [-0.2, 0) is 4.79 Å². The van der Waals surface area contributed by atoms with Crippen molar-refractivity contribution in [1.29, 1.82) is 0 Å². The molecule has 5 nitrogen and oxygen atoms in total. The van der Waals surface area contributed by atoms with Crippen LogP contribution in [0, 0.1) is 0 Å². The van der Waals surface area contributed by atoms with Crippen molar-refractivity contribution in [1.82, 2.24) is 0 Å². The van der Waals surface area contributed by atoms with Gasteiger partial charge in [-0.05, 0) is 26.2 Å². The number of halogens is 1. The monoisotopic (exact) mass is 223 g/mol. The number of carbonyl (C=O) groups is 1. The fourth-order valence-electron chi connectivity index (χ4n) is 0.855. The second-order valence-corrected chi connectivity index (χ2v) is 2.96. The van der Waals surface area contributed by atoms with Crippen molar-refractivity contribution in [3.05, 3.63) is 0 Å². The van der Waals surface area contributed by atoms with Gasteiger partial charge in [-0.15, -0.1) is 12.4 Å². The molecule has 0 unspecified atom stereocenters. The third kappa shape index (κ3) is 9.28. The molecule has 5 N–H and O–H groups in total. The van der Waals surface area contributed by atoms with Gasteiger partial charge in [-0.25, -0.2) is 0 Å². The standard InChI is InChI=1S/C8H17N3O2.ClH/c1-6(9)11-5-3-2-4-7(10)8(12)13;/h7H,2-5,10H2,1H3,(H2,9,11)(H,12,13);1H/t7-;/m1./s1. The predicted molar refractivity (Wildman–Crippen MR) is 58.9 cm³/mol. The van der Waals surface area contributed by atoms with E-state index in [9.17, 15) is 4.79 Å². The molecule has 84 valence electrons. The van der Waals surface area contributed by atoms with Crippen molar-refractivity contribution in [2.24, 2.45) is 16.5 Å². The molecule has 0 bridgehead atoms. The number of aliphatic carboxylic acids is 1. The summed E-state index contributed by atoms with van der Waals surface area (Å²) in [5, 5.41) is 8.45. The maximum atomic E-state index is 10.3. The van der Waals surface area contributed by atoms with Crippen molar-refractivity contribution in [3.8, 4) is 0 Å². The number of nitrogens with zero attached hydrogens (tertiary/aromatic N) is 1. The lowest BCUT2D eigenvalue weighted by Gasteiger charge is -2.04. The highest BCUT2D eigenvalue weighted by Gasteiger charge is 2.09. The molecule has 0 aromatic rings. The summed E-state index contributed by atoms with van der Waals surface area (Å²) in [6.45, 7) is 2.37. The summed E-state index contributed by atoms with van der Waals surface area (Å²) < 4.78 is 0. The number of amidine groups is 1. The topological polar surface area (TPSA) is 102 Å². The van der Waals surface area contributed by atoms with E-state index in [1.165, 1.54) is 0 Å². The van der Waals surface area contributed by atoms with Crippen molar-refractivity contribution >= 4 is 24.2 Å². The van der Waals surface area contributed by atoms with E-state index in [4.69, 9.17) is 16.6 Å². The Morgan fingerprint density at radius 3 is 2.50 bits per heavy atom. The number of carboxylic acids is 1. The minimum absolute atomic E-state index is 0. The maximum absolute atomic E-state index is 10.3. The van der Waals surface area contributed by atoms with Crippen LogP contribution in [-0.4, -0.2) is 29.5 Å². The molecule has 0 radical (unpaired) electrons. The molecule has 0 rings (SSSR count). The summed E-state index contributed by atoms with van der Waals surface area (Å²) in [4.78, 5) is 14.3. The lowest BCUT2D eigenvalue weighted by molar-refractivity contribution is -0.138. The third-order valence-corrected chi connectivity index (χ3v) is 1.60. The van der Waals surface area contributed by atoms with E-state index in [2.05, 4.69) is 4.99 Å². The van der Waals surface area contributed by atoms with Gasteiger partial charge in [0.1, 0.15) is 6.04 Å². The molecule has 0 fully saturated rings. The number of rotatable bonds is 6. The maximum Gasteiger partial charge on any atom is 0.320 e. The van der Waals surface area contributed by atoms with E-state index in [0.717, 1.165) is 12.8 Å². The van der Waals surface area contributed by atoms with E-state index in [1.807, 2.05) is 0 Å². The first-order valence-corrected chi connectivity index (χ1v) is 4.29. The molecule has 0 saturated heterocycles. The normalized spacial score (nSPS) is 13.1. The first kappa shape index (κ1) is 15.7. The molecule has 0 aliphatic rings. The summed E-state index contributed by atoms with van der Waals surface area (Å²) in [6.07, 6.45) is 2.09. The Hall–Kier alpha value is -0.810. The van der Waals surface area contributed by atoms with Gasteiger partial charge in [0.2, 0.25) is 0 Å². The average molecular weight is 224 g/mol. The van der Waals surface area contributed by atoms with Crippen LogP contribution in [0.2, 0.25) is 0 Å². The predicted octanol–water partition coefficient (Wildman–Crippen LogP) is 0.367. The Morgan fingerprint density at radius 2 is 2.07 bits per heavy atom. The Morgan fingerprint density at radius 1 is 1.50 bits per heavy atom. The molecule has 0 saturated carbocycles. The van der Waals surface area contributed by atoms with Crippen molar-refractivity contribution in [3.63, 3.8) is 0 Å². The molecule has 1 atom stereocenters. The zero-order valence-corrected chi connectivity index (χ0v) is 9.09. The largest absolute Gasteiger partial charge is 0.480 e. The number of unbranched alkanes of at least 4 members (excludes halogenated alkanes) is 1. The third-order valence-electron chi connectivity index (χ3n) is 1.60. The molecule has 0 aliphatic carbocycles. The van der Waals surface area contributed by atoms with Crippen LogP contribution in [0.1, 0.15) is 26.2 Å². The zero-order valence-electron chi connectivity index (χ0n) is 8.27. The Balaban J connectivity index is 0. The van der Waals surface area contributed by atoms with E-state index in [0.29, 0.717) is 18.8 Å². The molecule has 0 amide bonds. The van der Waals surface area contributed by atoms with Gasteiger partial charge in [0.25, 0.3) is 0 Å². The second-order valence-electron chi connectivity index (χ2n) is 2.96. The van der Waals surface area contributed by atoms with Gasteiger partial charge < -0.3 is 16.6 Å². The number of carboxylic acid groups (broad SMARTS) is 1. The summed E-state index contributed by atoms with van der Waals surface area (Å²) in [5.74, 6) is -0.388. The van der Waals surface area contributed by atoms with Gasteiger partial charge in [0.05, 0.1) is 5.84 Å². The van der Waals surface area contributed by atoms with Crippen LogP contribution < -0.4 is 11.5 Å². The van der Waals surface area contributed by atoms with Crippen LogP contribution in [0.3, 0.4) is 0 Å². The minimum Gasteiger partial charge on any atom is -0.480 e. The molecular weight excluding hydrogens is 206 g/mol. The Kier molecular flexibility index (Phi) is 9.81. The van der Waals surface area contributed by atoms with E-state index in [1.54, 1.807) is 6.92 Å². The van der Waals surface area contributed by atoms with E-state index >= 15 is 0 Å². The highest BCUT2D eigenvalue weighted by molar-refractivity contribution is 5.85. The quantitative estimate of drug-likeness (QED) is 0.344. The number of hydrogen-bond acceptors (Lipinski definition) is 3. The van der Waals surface area contributed by atoms with Crippen LogP contribution in [0.5, 0.6) is 0 Å². The van der Waals surface area contributed by atoms with Crippen LogP contribution >= 0.6 is 12.4 Å². The molecular formula is C8H18ClN3O2. The minimum atomic E-state index is -0.946. The van der Waals surface area contributed by atoms with Crippen LogP contribution in [0.15, 0.2) is 4.99 Å². The Bertz CT molecular complexity index is 193. The lowest BCUT2D eigenvalue weighted by Crippen LogP contribution is -2.29. The van der Waals surface area contributed by atoms with Crippen molar-refractivity contribution in [2.45, 2.75) is 32.2 Å². The molecule has 0 aromatic carbocycles. The number of aliphatic imine (C=N–C) groups is 1.